The van der Waals surface area contributed by atoms with Crippen molar-refractivity contribution >= 4 is 11.9 Å². The summed E-state index contributed by atoms with van der Waals surface area (Å²) >= 11 is 0. The zero-order valence-electron chi connectivity index (χ0n) is 21.8. The van der Waals surface area contributed by atoms with Gasteiger partial charge in [-0.05, 0) is 37.5 Å². The summed E-state index contributed by atoms with van der Waals surface area (Å²) in [7, 11) is 0. The van der Waals surface area contributed by atoms with Crippen LogP contribution in [-0.2, 0) is 14.3 Å². The molecule has 2 rings (SSSR count). The average Bonchev–Trinajstić information content (AvgIpc) is 2.84. The Labute approximate surface area is 211 Å². The molecule has 3 atom stereocenters. The van der Waals surface area contributed by atoms with Crippen molar-refractivity contribution in [3.63, 3.8) is 0 Å². The zero-order valence-corrected chi connectivity index (χ0v) is 21.8. The number of unbranched alkanes of at least 4 members (excludes halogenated alkanes) is 11. The highest BCUT2D eigenvalue weighted by Crippen LogP contribution is 2.33. The van der Waals surface area contributed by atoms with Crippen molar-refractivity contribution in [2.45, 2.75) is 129 Å². The topological polar surface area (TPSA) is 93.1 Å². The van der Waals surface area contributed by atoms with Gasteiger partial charge in [0.05, 0.1) is 11.5 Å². The fraction of sp³-hybridized carbons (Fsp3) is 0.724. The molecular formula is C29H46O6. The maximum absolute atomic E-state index is 12.7. The minimum atomic E-state index is -0.536. The van der Waals surface area contributed by atoms with E-state index in [0.717, 1.165) is 44.9 Å². The molecule has 6 nitrogen and oxygen atoms in total. The van der Waals surface area contributed by atoms with Crippen molar-refractivity contribution in [1.82, 2.24) is 0 Å². The summed E-state index contributed by atoms with van der Waals surface area (Å²) in [6.07, 6.45) is 16.9. The van der Waals surface area contributed by atoms with Crippen LogP contribution in [0.4, 0.5) is 0 Å². The third-order valence-electron chi connectivity index (χ3n) is 7.00. The summed E-state index contributed by atoms with van der Waals surface area (Å²) in [6, 6.07) is 3.93. The van der Waals surface area contributed by atoms with Crippen molar-refractivity contribution in [2.75, 3.05) is 0 Å². The van der Waals surface area contributed by atoms with E-state index in [4.69, 9.17) is 9.47 Å². The summed E-state index contributed by atoms with van der Waals surface area (Å²) < 4.78 is 11.3. The van der Waals surface area contributed by atoms with E-state index >= 15 is 0 Å². The van der Waals surface area contributed by atoms with Crippen LogP contribution >= 0.6 is 0 Å². The van der Waals surface area contributed by atoms with E-state index in [1.54, 1.807) is 0 Å². The highest BCUT2D eigenvalue weighted by atomic mass is 16.6. The molecule has 0 radical (unpaired) electrons. The predicted octanol–water partition coefficient (Wildman–Crippen LogP) is 7.45. The molecule has 0 unspecified atom stereocenters. The minimum Gasteiger partial charge on any atom is -0.504 e. The molecule has 1 aromatic rings. The molecule has 1 aliphatic heterocycles. The lowest BCUT2D eigenvalue weighted by Crippen LogP contribution is -2.47. The van der Waals surface area contributed by atoms with Crippen LogP contribution in [0.2, 0.25) is 0 Å². The van der Waals surface area contributed by atoms with Gasteiger partial charge in [-0.15, -0.1) is 0 Å². The van der Waals surface area contributed by atoms with E-state index < -0.39 is 5.97 Å². The van der Waals surface area contributed by atoms with Gasteiger partial charge in [0.15, 0.2) is 11.5 Å². The number of hydrogen-bond acceptors (Lipinski definition) is 6. The first kappa shape index (κ1) is 29.0. The van der Waals surface area contributed by atoms with Gasteiger partial charge in [-0.2, -0.15) is 0 Å². The number of benzene rings is 1. The van der Waals surface area contributed by atoms with Gasteiger partial charge in [-0.1, -0.05) is 90.9 Å². The minimum absolute atomic E-state index is 0.103. The van der Waals surface area contributed by atoms with Crippen LogP contribution in [0.5, 0.6) is 11.5 Å². The first-order valence-electron chi connectivity index (χ1n) is 13.9. The zero-order chi connectivity index (χ0) is 25.5. The van der Waals surface area contributed by atoms with E-state index in [1.807, 2.05) is 0 Å². The van der Waals surface area contributed by atoms with Gasteiger partial charge in [0, 0.05) is 6.42 Å². The van der Waals surface area contributed by atoms with E-state index in [2.05, 4.69) is 13.8 Å². The quantitative estimate of drug-likeness (QED) is 0.119. The normalized spacial score (nSPS) is 18.1. The van der Waals surface area contributed by atoms with E-state index in [1.165, 1.54) is 69.6 Å². The fourth-order valence-corrected chi connectivity index (χ4v) is 4.74. The van der Waals surface area contributed by atoms with Crippen LogP contribution in [0, 0.1) is 5.92 Å². The van der Waals surface area contributed by atoms with Crippen LogP contribution < -0.4 is 0 Å². The lowest BCUT2D eigenvalue weighted by molar-refractivity contribution is -0.188. The number of carbonyl (C=O) groups is 2. The number of cyclic esters (lactones) is 1. The van der Waals surface area contributed by atoms with Gasteiger partial charge in [-0.3, -0.25) is 4.79 Å². The Balaban J connectivity index is 1.86. The van der Waals surface area contributed by atoms with Crippen molar-refractivity contribution < 1.29 is 29.3 Å². The fourth-order valence-electron chi connectivity index (χ4n) is 4.74. The van der Waals surface area contributed by atoms with Crippen LogP contribution in [0.25, 0.3) is 0 Å². The first-order valence-corrected chi connectivity index (χ1v) is 13.9. The molecule has 0 aliphatic carbocycles. The second-order valence-corrected chi connectivity index (χ2v) is 10.0. The molecule has 0 saturated carbocycles. The number of rotatable bonds is 19. The second kappa shape index (κ2) is 16.4. The molecule has 198 valence electrons. The molecule has 0 amide bonds. The number of carbonyl (C=O) groups excluding carboxylic acids is 2. The first-order chi connectivity index (χ1) is 17.0. The molecule has 1 aliphatic rings. The molecule has 1 aromatic carbocycles. The van der Waals surface area contributed by atoms with Gasteiger partial charge in [0.2, 0.25) is 0 Å². The van der Waals surface area contributed by atoms with Gasteiger partial charge in [0.25, 0.3) is 0 Å². The standard InChI is InChI=1S/C29H46O6/c1-3-5-7-9-10-11-12-13-14-16-23(34-28(32)22-18-19-25(30)26(31)20-22)21-27-24(29(33)35-27)17-15-8-6-4-2/h18-20,23-24,27,30-31H,3-17,21H2,1-2H3/t23-,24-,27-/m0/s1. The van der Waals surface area contributed by atoms with Gasteiger partial charge < -0.3 is 19.7 Å². The van der Waals surface area contributed by atoms with Gasteiger partial charge >= 0.3 is 11.9 Å². The smallest absolute Gasteiger partial charge is 0.338 e. The monoisotopic (exact) mass is 490 g/mol. The summed E-state index contributed by atoms with van der Waals surface area (Å²) in [4.78, 5) is 24.8. The van der Waals surface area contributed by atoms with Crippen LogP contribution in [0.1, 0.15) is 127 Å². The van der Waals surface area contributed by atoms with Crippen molar-refractivity contribution in [3.8, 4) is 11.5 Å². The SMILES string of the molecule is CCCCCCCCCCC[C@@H](C[C@@H]1OC(=O)[C@H]1CCCCCC)OC(=O)c1ccc(O)c(O)c1. The number of phenolic OH excluding ortho intramolecular Hbond substituents is 2. The Hall–Kier alpha value is -2.24. The molecule has 35 heavy (non-hydrogen) atoms. The summed E-state index contributed by atoms with van der Waals surface area (Å²) in [5.74, 6) is -1.40. The summed E-state index contributed by atoms with van der Waals surface area (Å²) in [6.45, 7) is 4.40. The highest BCUT2D eigenvalue weighted by Gasteiger charge is 2.43. The van der Waals surface area contributed by atoms with Crippen LogP contribution in [0.3, 0.4) is 0 Å². The Bertz CT molecular complexity index is 762. The Morgan fingerprint density at radius 2 is 1.49 bits per heavy atom. The maximum atomic E-state index is 12.7. The molecule has 1 saturated heterocycles. The van der Waals surface area contributed by atoms with Crippen molar-refractivity contribution in [2.24, 2.45) is 5.92 Å². The van der Waals surface area contributed by atoms with Crippen molar-refractivity contribution in [1.29, 1.82) is 0 Å². The largest absolute Gasteiger partial charge is 0.504 e. The maximum Gasteiger partial charge on any atom is 0.338 e. The molecule has 2 N–H and O–H groups in total. The lowest BCUT2D eigenvalue weighted by atomic mass is 9.86. The molecule has 0 spiro atoms. The predicted molar refractivity (Wildman–Crippen MR) is 138 cm³/mol. The van der Waals surface area contributed by atoms with E-state index in [-0.39, 0.29) is 41.2 Å². The summed E-state index contributed by atoms with van der Waals surface area (Å²) in [5.41, 5.74) is 0.194. The number of aromatic hydroxyl groups is 2. The number of esters is 2. The van der Waals surface area contributed by atoms with E-state index in [9.17, 15) is 19.8 Å². The number of hydrogen-bond donors (Lipinski definition) is 2. The highest BCUT2D eigenvalue weighted by molar-refractivity contribution is 5.90. The average molecular weight is 491 g/mol. The molecule has 0 aromatic heterocycles. The second-order valence-electron chi connectivity index (χ2n) is 10.0. The summed E-state index contributed by atoms with van der Waals surface area (Å²) in [5, 5.41) is 19.3. The van der Waals surface area contributed by atoms with Gasteiger partial charge in [0.1, 0.15) is 12.2 Å². The Morgan fingerprint density at radius 1 is 0.886 bits per heavy atom. The van der Waals surface area contributed by atoms with Crippen LogP contribution in [0.15, 0.2) is 18.2 Å². The third-order valence-corrected chi connectivity index (χ3v) is 7.00. The third kappa shape index (κ3) is 10.5. The van der Waals surface area contributed by atoms with Crippen molar-refractivity contribution in [3.05, 3.63) is 23.8 Å². The number of phenols is 2. The Morgan fingerprint density at radius 3 is 2.09 bits per heavy atom. The van der Waals surface area contributed by atoms with Crippen LogP contribution in [-0.4, -0.2) is 34.4 Å². The molecular weight excluding hydrogens is 444 g/mol. The molecule has 1 fully saturated rings. The molecule has 0 bridgehead atoms. The Kier molecular flexibility index (Phi) is 13.6. The molecule has 6 heteroatoms. The van der Waals surface area contributed by atoms with E-state index in [0.29, 0.717) is 6.42 Å². The lowest BCUT2D eigenvalue weighted by Gasteiger charge is -2.37. The number of ether oxygens (including phenoxy) is 2. The van der Waals surface area contributed by atoms with Gasteiger partial charge in [-0.25, -0.2) is 4.79 Å². The molecule has 1 heterocycles.